The van der Waals surface area contributed by atoms with E-state index in [1.807, 2.05) is 20.8 Å². The van der Waals surface area contributed by atoms with Crippen molar-refractivity contribution in [2.75, 3.05) is 20.1 Å². The lowest BCUT2D eigenvalue weighted by Crippen LogP contribution is -2.52. The van der Waals surface area contributed by atoms with E-state index < -0.39 is 5.60 Å². The number of hydrogen-bond acceptors (Lipinski definition) is 4. The fourth-order valence-electron chi connectivity index (χ4n) is 3.01. The normalized spacial score (nSPS) is 22.0. The number of aliphatic hydroxyl groups is 1. The number of likely N-dealkylation sites (tertiary alicyclic amines) is 1. The van der Waals surface area contributed by atoms with Crippen LogP contribution < -0.4 is 5.32 Å². The van der Waals surface area contributed by atoms with Gasteiger partial charge in [0.25, 0.3) is 5.91 Å². The lowest BCUT2D eigenvalue weighted by molar-refractivity contribution is -0.127. The molecule has 0 saturated carbocycles. The van der Waals surface area contributed by atoms with Crippen LogP contribution in [0.4, 0.5) is 0 Å². The number of amides is 2. The topological polar surface area (TPSA) is 98.3 Å². The minimum atomic E-state index is -1.17. The van der Waals surface area contributed by atoms with E-state index in [0.717, 1.165) is 5.69 Å². The Bertz CT molecular complexity index is 590. The molecule has 2 heterocycles. The van der Waals surface area contributed by atoms with Crippen LogP contribution in [0.3, 0.4) is 0 Å². The van der Waals surface area contributed by atoms with Crippen molar-refractivity contribution >= 4 is 11.8 Å². The molecule has 1 aromatic heterocycles. The molecule has 0 aromatic carbocycles. The van der Waals surface area contributed by atoms with E-state index in [4.69, 9.17) is 0 Å². The van der Waals surface area contributed by atoms with Gasteiger partial charge in [-0.3, -0.25) is 14.7 Å². The molecule has 0 spiro atoms. The van der Waals surface area contributed by atoms with Crippen LogP contribution in [-0.4, -0.2) is 57.8 Å². The summed E-state index contributed by atoms with van der Waals surface area (Å²) in [6.45, 7) is 6.76. The number of carbonyl (C=O) groups is 2. The van der Waals surface area contributed by atoms with Crippen molar-refractivity contribution < 1.29 is 14.7 Å². The molecular weight excluding hydrogens is 296 g/mol. The molecule has 0 bridgehead atoms. The lowest BCUT2D eigenvalue weighted by atomic mass is 9.87. The third kappa shape index (κ3) is 3.90. The van der Waals surface area contributed by atoms with Crippen LogP contribution in [0.5, 0.6) is 0 Å². The van der Waals surface area contributed by atoms with Crippen LogP contribution in [0, 0.1) is 0 Å². The predicted molar refractivity (Wildman–Crippen MR) is 86.1 cm³/mol. The van der Waals surface area contributed by atoms with Gasteiger partial charge in [-0.2, -0.15) is 5.10 Å². The predicted octanol–water partition coefficient (Wildman–Crippen LogP) is 0.810. The molecule has 1 atom stereocenters. The van der Waals surface area contributed by atoms with Crippen LogP contribution in [0.1, 0.15) is 56.1 Å². The van der Waals surface area contributed by atoms with Crippen molar-refractivity contribution in [3.63, 3.8) is 0 Å². The van der Waals surface area contributed by atoms with Crippen molar-refractivity contribution in [2.45, 2.75) is 51.0 Å². The Morgan fingerprint density at radius 3 is 2.78 bits per heavy atom. The molecule has 0 radical (unpaired) electrons. The molecule has 1 aliphatic rings. The first-order valence-corrected chi connectivity index (χ1v) is 7.92. The third-order valence-corrected chi connectivity index (χ3v) is 4.23. The van der Waals surface area contributed by atoms with Gasteiger partial charge in [0.2, 0.25) is 5.91 Å². The Labute approximate surface area is 136 Å². The molecule has 1 aliphatic heterocycles. The number of aromatic nitrogens is 2. The standard InChI is InChI=1S/C16H26N4O3/c1-15(2,3)13-11(9-18-19-13)14(22)20-7-5-6-16(23,10-20)8-12(21)17-4/h9,23H,5-8,10H2,1-4H3,(H,17,21)(H,18,19). The van der Waals surface area contributed by atoms with E-state index in [0.29, 0.717) is 24.9 Å². The van der Waals surface area contributed by atoms with Gasteiger partial charge in [-0.25, -0.2) is 0 Å². The number of rotatable bonds is 3. The first kappa shape index (κ1) is 17.5. The van der Waals surface area contributed by atoms with Crippen molar-refractivity contribution in [3.05, 3.63) is 17.5 Å². The maximum absolute atomic E-state index is 12.8. The monoisotopic (exact) mass is 322 g/mol. The van der Waals surface area contributed by atoms with Crippen molar-refractivity contribution in [3.8, 4) is 0 Å². The summed E-state index contributed by atoms with van der Waals surface area (Å²) in [5.74, 6) is -0.376. The van der Waals surface area contributed by atoms with Crippen LogP contribution in [0.25, 0.3) is 0 Å². The van der Waals surface area contributed by atoms with E-state index in [1.165, 1.54) is 6.20 Å². The molecule has 1 aromatic rings. The molecule has 1 saturated heterocycles. The van der Waals surface area contributed by atoms with Gasteiger partial charge in [-0.1, -0.05) is 20.8 Å². The van der Waals surface area contributed by atoms with Gasteiger partial charge >= 0.3 is 0 Å². The molecule has 3 N–H and O–H groups in total. The van der Waals surface area contributed by atoms with Crippen LogP contribution in [0.2, 0.25) is 0 Å². The Kier molecular flexibility index (Phi) is 4.79. The van der Waals surface area contributed by atoms with Gasteiger partial charge < -0.3 is 15.3 Å². The summed E-state index contributed by atoms with van der Waals surface area (Å²) in [4.78, 5) is 26.0. The fraction of sp³-hybridized carbons (Fsp3) is 0.688. The summed E-state index contributed by atoms with van der Waals surface area (Å²) >= 11 is 0. The number of nitrogens with one attached hydrogen (secondary N) is 2. The minimum Gasteiger partial charge on any atom is -0.388 e. The SMILES string of the molecule is CNC(=O)CC1(O)CCCN(C(=O)c2cn[nH]c2C(C)(C)C)C1. The highest BCUT2D eigenvalue weighted by atomic mass is 16.3. The second-order valence-corrected chi connectivity index (χ2v) is 7.31. The van der Waals surface area contributed by atoms with Gasteiger partial charge in [-0.05, 0) is 12.8 Å². The zero-order valence-electron chi connectivity index (χ0n) is 14.3. The van der Waals surface area contributed by atoms with E-state index in [-0.39, 0.29) is 30.2 Å². The van der Waals surface area contributed by atoms with E-state index in [9.17, 15) is 14.7 Å². The number of aromatic amines is 1. The van der Waals surface area contributed by atoms with Crippen LogP contribution in [-0.2, 0) is 10.2 Å². The Hall–Kier alpha value is -1.89. The average molecular weight is 322 g/mol. The molecule has 7 nitrogen and oxygen atoms in total. The minimum absolute atomic E-state index is 0.00476. The Morgan fingerprint density at radius 2 is 2.17 bits per heavy atom. The van der Waals surface area contributed by atoms with Gasteiger partial charge in [0.1, 0.15) is 0 Å². The average Bonchev–Trinajstić information content (AvgIpc) is 2.95. The number of hydrogen-bond donors (Lipinski definition) is 3. The quantitative estimate of drug-likeness (QED) is 0.767. The Balaban J connectivity index is 2.17. The van der Waals surface area contributed by atoms with Crippen molar-refractivity contribution in [2.24, 2.45) is 0 Å². The first-order valence-electron chi connectivity index (χ1n) is 7.92. The smallest absolute Gasteiger partial charge is 0.257 e. The largest absolute Gasteiger partial charge is 0.388 e. The zero-order valence-corrected chi connectivity index (χ0v) is 14.3. The molecule has 2 rings (SSSR count). The zero-order chi connectivity index (χ0) is 17.3. The summed E-state index contributed by atoms with van der Waals surface area (Å²) in [7, 11) is 1.54. The first-order chi connectivity index (χ1) is 10.7. The second-order valence-electron chi connectivity index (χ2n) is 7.31. The third-order valence-electron chi connectivity index (χ3n) is 4.23. The van der Waals surface area contributed by atoms with Gasteiger partial charge in [-0.15, -0.1) is 0 Å². The van der Waals surface area contributed by atoms with Gasteiger partial charge in [0, 0.05) is 19.0 Å². The molecule has 7 heteroatoms. The Morgan fingerprint density at radius 1 is 1.48 bits per heavy atom. The summed E-state index contributed by atoms with van der Waals surface area (Å²) in [6.07, 6.45) is 2.73. The summed E-state index contributed by atoms with van der Waals surface area (Å²) in [6, 6.07) is 0. The van der Waals surface area contributed by atoms with Crippen LogP contribution >= 0.6 is 0 Å². The highest BCUT2D eigenvalue weighted by Crippen LogP contribution is 2.28. The summed E-state index contributed by atoms with van der Waals surface area (Å²) in [5.41, 5.74) is -0.0837. The number of carbonyl (C=O) groups excluding carboxylic acids is 2. The summed E-state index contributed by atoms with van der Waals surface area (Å²) in [5, 5.41) is 20.1. The van der Waals surface area contributed by atoms with Crippen molar-refractivity contribution in [1.29, 1.82) is 0 Å². The van der Waals surface area contributed by atoms with Gasteiger partial charge in [0.15, 0.2) is 0 Å². The second kappa shape index (κ2) is 6.31. The number of piperidine rings is 1. The maximum Gasteiger partial charge on any atom is 0.257 e. The highest BCUT2D eigenvalue weighted by Gasteiger charge is 2.38. The van der Waals surface area contributed by atoms with Crippen LogP contribution in [0.15, 0.2) is 6.20 Å². The number of β-amino-alcohol motifs (C(OH)–C–C–N with tert-alkyl or cyclic N) is 1. The number of nitrogens with zero attached hydrogens (tertiary/aromatic N) is 2. The molecule has 128 valence electrons. The maximum atomic E-state index is 12.8. The van der Waals surface area contributed by atoms with Gasteiger partial charge in [0.05, 0.1) is 36.0 Å². The highest BCUT2D eigenvalue weighted by molar-refractivity contribution is 5.95. The molecule has 0 aliphatic carbocycles. The number of H-pyrrole nitrogens is 1. The fourth-order valence-corrected chi connectivity index (χ4v) is 3.01. The molecule has 1 unspecified atom stereocenters. The van der Waals surface area contributed by atoms with Crippen molar-refractivity contribution in [1.82, 2.24) is 20.4 Å². The van der Waals surface area contributed by atoms with E-state index in [2.05, 4.69) is 15.5 Å². The molecule has 1 fully saturated rings. The van der Waals surface area contributed by atoms with E-state index in [1.54, 1.807) is 11.9 Å². The summed E-state index contributed by atoms with van der Waals surface area (Å²) < 4.78 is 0. The molecule has 2 amide bonds. The molecule has 23 heavy (non-hydrogen) atoms. The molecular formula is C16H26N4O3. The van der Waals surface area contributed by atoms with E-state index >= 15 is 0 Å². The lowest BCUT2D eigenvalue weighted by Gasteiger charge is -2.39.